The number of Topliss-reactive ketones (excluding diaryl/α,β-unsaturated/α-hetero) is 1. The molecule has 11 heavy (non-hydrogen) atoms. The van der Waals surface area contributed by atoms with E-state index in [1.807, 2.05) is 0 Å². The van der Waals surface area contributed by atoms with Crippen LogP contribution in [0.1, 0.15) is 32.6 Å². The summed E-state index contributed by atoms with van der Waals surface area (Å²) in [5.74, 6) is 0.444. The van der Waals surface area contributed by atoms with Gasteiger partial charge >= 0.3 is 73.4 Å². The topological polar surface area (TPSA) is 37.3 Å². The molecule has 1 fully saturated rings. The van der Waals surface area contributed by atoms with E-state index in [2.05, 4.69) is 0 Å². The summed E-state index contributed by atoms with van der Waals surface area (Å²) < 4.78 is 9.02. The molecule has 0 aromatic rings. The van der Waals surface area contributed by atoms with Crippen LogP contribution in [0.4, 0.5) is 0 Å². The molecule has 0 heterocycles. The van der Waals surface area contributed by atoms with E-state index < -0.39 is 0 Å². The van der Waals surface area contributed by atoms with Crippen molar-refractivity contribution in [1.29, 1.82) is 0 Å². The zero-order valence-corrected chi connectivity index (χ0v) is 8.46. The molecule has 1 saturated carbocycles. The van der Waals surface area contributed by atoms with Crippen LogP contribution in [0.15, 0.2) is 0 Å². The molecule has 1 aliphatic carbocycles. The molecule has 0 saturated heterocycles. The van der Waals surface area contributed by atoms with Crippen LogP contribution in [0.25, 0.3) is 0 Å². The van der Waals surface area contributed by atoms with Gasteiger partial charge in [0.05, 0.1) is 0 Å². The molecule has 1 rings (SSSR count). The van der Waals surface area contributed by atoms with Crippen LogP contribution in [-0.4, -0.2) is 25.3 Å². The first-order valence-corrected chi connectivity index (χ1v) is 5.82. The minimum atomic E-state index is -0.323. The Balaban J connectivity index is 2.51. The zero-order chi connectivity index (χ0) is 8.27. The van der Waals surface area contributed by atoms with Crippen LogP contribution in [-0.2, 0) is 4.79 Å². The van der Waals surface area contributed by atoms with E-state index in [9.17, 15) is 4.79 Å². The van der Waals surface area contributed by atoms with Gasteiger partial charge < -0.3 is 0 Å². The van der Waals surface area contributed by atoms with E-state index in [4.69, 9.17) is 4.19 Å². The second-order valence-electron chi connectivity index (χ2n) is 3.15. The molecule has 0 amide bonds. The Hall–Kier alpha value is 0.149. The quantitative estimate of drug-likeness (QED) is 0.710. The van der Waals surface area contributed by atoms with Gasteiger partial charge in [0, 0.05) is 0 Å². The Morgan fingerprint density at radius 3 is 2.55 bits per heavy atom. The van der Waals surface area contributed by atoms with Crippen molar-refractivity contribution in [2.24, 2.45) is 5.92 Å². The van der Waals surface area contributed by atoms with E-state index >= 15 is 0 Å². The molecule has 1 N–H and O–H groups in total. The minimum absolute atomic E-state index is 0.175. The Kier molecular flexibility index (Phi) is 3.56. The number of hydrogen-bond acceptors (Lipinski definition) is 2. The van der Waals surface area contributed by atoms with Gasteiger partial charge in [-0.05, 0) is 0 Å². The normalized spacial score (nSPS) is 31.8. The van der Waals surface area contributed by atoms with Crippen molar-refractivity contribution < 1.29 is 8.98 Å². The molecule has 0 aromatic carbocycles. The first kappa shape index (κ1) is 9.24. The van der Waals surface area contributed by atoms with Crippen molar-refractivity contribution in [2.75, 3.05) is 0 Å². The molecule has 0 spiro atoms. The van der Waals surface area contributed by atoms with Gasteiger partial charge in [-0.2, -0.15) is 0 Å². The monoisotopic (exact) mass is 222 g/mol. The number of hydrogen-bond donors (Lipinski definition) is 1. The van der Waals surface area contributed by atoms with Gasteiger partial charge in [0.2, 0.25) is 0 Å². The Bertz CT molecular complexity index is 147. The van der Waals surface area contributed by atoms with Crippen molar-refractivity contribution in [3.8, 4) is 0 Å². The van der Waals surface area contributed by atoms with E-state index in [1.54, 1.807) is 6.92 Å². The van der Waals surface area contributed by atoms with E-state index in [1.165, 1.54) is 6.42 Å². The third-order valence-electron chi connectivity index (χ3n) is 2.36. The second-order valence-corrected chi connectivity index (χ2v) is 4.86. The molecule has 0 radical (unpaired) electrons. The SMILES string of the molecule is CC(=O)C1CCCCC1[Se]O. The molecule has 2 atom stereocenters. The molecule has 0 aromatic heterocycles. The molecule has 3 heteroatoms. The van der Waals surface area contributed by atoms with Gasteiger partial charge in [-0.25, -0.2) is 0 Å². The summed E-state index contributed by atoms with van der Waals surface area (Å²) in [7, 11) is 0. The molecular formula is C8H14O2Se. The second kappa shape index (κ2) is 4.24. The fourth-order valence-corrected chi connectivity index (χ4v) is 3.25. The number of ketones is 1. The molecule has 0 bridgehead atoms. The third kappa shape index (κ3) is 2.29. The molecule has 1 aliphatic rings. The molecule has 0 aliphatic heterocycles. The van der Waals surface area contributed by atoms with Gasteiger partial charge in [0.25, 0.3) is 0 Å². The average Bonchev–Trinajstić information content (AvgIpc) is 2.04. The van der Waals surface area contributed by atoms with Crippen molar-refractivity contribution in [2.45, 2.75) is 37.4 Å². The van der Waals surface area contributed by atoms with Gasteiger partial charge in [-0.3, -0.25) is 0 Å². The summed E-state index contributed by atoms with van der Waals surface area (Å²) in [6, 6.07) is 0. The Morgan fingerprint density at radius 1 is 1.45 bits per heavy atom. The summed E-state index contributed by atoms with van der Waals surface area (Å²) in [6.07, 6.45) is 4.41. The van der Waals surface area contributed by atoms with E-state index in [0.29, 0.717) is 4.82 Å². The Morgan fingerprint density at radius 2 is 2.09 bits per heavy atom. The average molecular weight is 221 g/mol. The zero-order valence-electron chi connectivity index (χ0n) is 6.75. The van der Waals surface area contributed by atoms with Gasteiger partial charge in [-0.15, -0.1) is 0 Å². The van der Waals surface area contributed by atoms with Crippen molar-refractivity contribution in [1.82, 2.24) is 0 Å². The van der Waals surface area contributed by atoms with Crippen LogP contribution in [0, 0.1) is 5.92 Å². The van der Waals surface area contributed by atoms with Gasteiger partial charge in [-0.1, -0.05) is 0 Å². The molecule has 2 unspecified atom stereocenters. The fourth-order valence-electron chi connectivity index (χ4n) is 1.69. The fraction of sp³-hybridized carbons (Fsp3) is 0.875. The van der Waals surface area contributed by atoms with Crippen molar-refractivity contribution >= 4 is 21.1 Å². The molecule has 2 nitrogen and oxygen atoms in total. The number of carbonyl (C=O) groups excluding carboxylic acids is 1. The maximum atomic E-state index is 11.1. The predicted molar refractivity (Wildman–Crippen MR) is 44.4 cm³/mol. The van der Waals surface area contributed by atoms with E-state index in [-0.39, 0.29) is 27.0 Å². The molecule has 64 valence electrons. The van der Waals surface area contributed by atoms with Crippen molar-refractivity contribution in [3.63, 3.8) is 0 Å². The molecular weight excluding hydrogens is 207 g/mol. The predicted octanol–water partition coefficient (Wildman–Crippen LogP) is 1.17. The standard InChI is InChI=1S/C8H14O2Se/c1-6(9)7-4-2-3-5-8(7)11-10/h7-8,10H,2-5H2,1H3. The van der Waals surface area contributed by atoms with Crippen LogP contribution in [0.5, 0.6) is 0 Å². The summed E-state index contributed by atoms with van der Waals surface area (Å²) in [4.78, 5) is 11.4. The first-order valence-electron chi connectivity index (χ1n) is 4.06. The number of rotatable bonds is 2. The summed E-state index contributed by atoms with van der Waals surface area (Å²) in [5, 5.41) is 0. The number of carbonyl (C=O) groups is 1. The maximum absolute atomic E-state index is 11.1. The van der Waals surface area contributed by atoms with Crippen LogP contribution < -0.4 is 0 Å². The Labute approximate surface area is 73.9 Å². The summed E-state index contributed by atoms with van der Waals surface area (Å²) in [6.45, 7) is 1.65. The van der Waals surface area contributed by atoms with E-state index in [0.717, 1.165) is 19.3 Å². The van der Waals surface area contributed by atoms with Gasteiger partial charge in [0.1, 0.15) is 0 Å². The van der Waals surface area contributed by atoms with Crippen molar-refractivity contribution in [3.05, 3.63) is 0 Å². The van der Waals surface area contributed by atoms with Gasteiger partial charge in [0.15, 0.2) is 0 Å². The summed E-state index contributed by atoms with van der Waals surface area (Å²) >= 11 is -0.323. The van der Waals surface area contributed by atoms with Crippen LogP contribution in [0.2, 0.25) is 4.82 Å². The van der Waals surface area contributed by atoms with Crippen LogP contribution in [0.3, 0.4) is 0 Å². The third-order valence-corrected chi connectivity index (χ3v) is 4.11. The van der Waals surface area contributed by atoms with Crippen LogP contribution >= 0.6 is 0 Å². The first-order chi connectivity index (χ1) is 5.25. The summed E-state index contributed by atoms with van der Waals surface area (Å²) in [5.41, 5.74) is 0.